The van der Waals surface area contributed by atoms with Crippen LogP contribution in [0.15, 0.2) is 12.3 Å². The van der Waals surface area contributed by atoms with Crippen LogP contribution in [0, 0.1) is 0 Å². The van der Waals surface area contributed by atoms with Crippen molar-refractivity contribution in [3.8, 4) is 0 Å². The molecule has 1 aromatic rings. The fourth-order valence-electron chi connectivity index (χ4n) is 1.74. The van der Waals surface area contributed by atoms with E-state index in [-0.39, 0.29) is 11.9 Å². The van der Waals surface area contributed by atoms with Crippen LogP contribution in [0.4, 0.5) is 0 Å². The standard InChI is InChI=1S/C9H14N4O/c10-7-2-1-5-13(6-7)9(14)8-3-4-11-12-8/h3-4,7H,1-2,5-6,10H2,(H,11,12). The monoisotopic (exact) mass is 194 g/mol. The molecule has 5 heteroatoms. The van der Waals surface area contributed by atoms with E-state index in [9.17, 15) is 4.79 Å². The first-order valence-corrected chi connectivity index (χ1v) is 4.82. The molecule has 0 aliphatic carbocycles. The lowest BCUT2D eigenvalue weighted by atomic mass is 10.1. The number of nitrogens with zero attached hydrogens (tertiary/aromatic N) is 2. The van der Waals surface area contributed by atoms with Crippen molar-refractivity contribution >= 4 is 5.91 Å². The Kier molecular flexibility index (Phi) is 2.49. The first kappa shape index (κ1) is 9.21. The lowest BCUT2D eigenvalue weighted by molar-refractivity contribution is 0.0703. The number of amides is 1. The van der Waals surface area contributed by atoms with E-state index >= 15 is 0 Å². The number of H-pyrrole nitrogens is 1. The van der Waals surface area contributed by atoms with E-state index in [0.29, 0.717) is 12.2 Å². The summed E-state index contributed by atoms with van der Waals surface area (Å²) in [6.07, 6.45) is 3.64. The van der Waals surface area contributed by atoms with E-state index in [2.05, 4.69) is 10.2 Å². The maximum atomic E-state index is 11.8. The van der Waals surface area contributed by atoms with E-state index in [1.54, 1.807) is 17.2 Å². The minimum absolute atomic E-state index is 0.0265. The summed E-state index contributed by atoms with van der Waals surface area (Å²) in [5, 5.41) is 6.49. The third-order valence-electron chi connectivity index (χ3n) is 2.46. The van der Waals surface area contributed by atoms with Crippen LogP contribution in [0.25, 0.3) is 0 Å². The summed E-state index contributed by atoms with van der Waals surface area (Å²) in [6, 6.07) is 1.80. The number of aromatic nitrogens is 2. The highest BCUT2D eigenvalue weighted by atomic mass is 16.2. The van der Waals surface area contributed by atoms with Gasteiger partial charge in [0.15, 0.2) is 0 Å². The molecule has 1 aliphatic rings. The maximum Gasteiger partial charge on any atom is 0.274 e. The lowest BCUT2D eigenvalue weighted by Crippen LogP contribution is -2.45. The molecule has 1 amide bonds. The number of rotatable bonds is 1. The summed E-state index contributed by atoms with van der Waals surface area (Å²) < 4.78 is 0. The van der Waals surface area contributed by atoms with Gasteiger partial charge in [-0.2, -0.15) is 5.10 Å². The van der Waals surface area contributed by atoms with Gasteiger partial charge in [-0.3, -0.25) is 9.89 Å². The summed E-state index contributed by atoms with van der Waals surface area (Å²) in [4.78, 5) is 13.6. The first-order valence-electron chi connectivity index (χ1n) is 4.82. The van der Waals surface area contributed by atoms with Crippen LogP contribution in [0.1, 0.15) is 23.3 Å². The Labute approximate surface area is 82.3 Å². The van der Waals surface area contributed by atoms with Gasteiger partial charge in [0.2, 0.25) is 0 Å². The third-order valence-corrected chi connectivity index (χ3v) is 2.46. The van der Waals surface area contributed by atoms with Crippen LogP contribution in [0.2, 0.25) is 0 Å². The topological polar surface area (TPSA) is 75.0 Å². The van der Waals surface area contributed by atoms with Crippen LogP contribution in [-0.4, -0.2) is 40.1 Å². The van der Waals surface area contributed by atoms with Gasteiger partial charge in [0.1, 0.15) is 5.69 Å². The van der Waals surface area contributed by atoms with Crippen molar-refractivity contribution in [2.24, 2.45) is 5.73 Å². The van der Waals surface area contributed by atoms with Gasteiger partial charge in [-0.1, -0.05) is 0 Å². The third kappa shape index (κ3) is 1.77. The Balaban J connectivity index is 2.04. The van der Waals surface area contributed by atoms with E-state index in [4.69, 9.17) is 5.73 Å². The second-order valence-corrected chi connectivity index (χ2v) is 3.61. The van der Waals surface area contributed by atoms with Crippen molar-refractivity contribution in [2.45, 2.75) is 18.9 Å². The summed E-state index contributed by atoms with van der Waals surface area (Å²) in [5.74, 6) is -0.0265. The molecule has 1 aromatic heterocycles. The average Bonchev–Trinajstić information content (AvgIpc) is 2.69. The van der Waals surface area contributed by atoms with E-state index in [1.165, 1.54) is 0 Å². The van der Waals surface area contributed by atoms with Gasteiger partial charge in [0.25, 0.3) is 5.91 Å². The Morgan fingerprint density at radius 1 is 1.71 bits per heavy atom. The predicted molar refractivity (Wildman–Crippen MR) is 51.7 cm³/mol. The molecule has 3 N–H and O–H groups in total. The van der Waals surface area contributed by atoms with Crippen LogP contribution in [0.3, 0.4) is 0 Å². The SMILES string of the molecule is NC1CCCN(C(=O)c2cc[nH]n2)C1. The molecule has 5 nitrogen and oxygen atoms in total. The minimum Gasteiger partial charge on any atom is -0.336 e. The predicted octanol–water partition coefficient (Wildman–Crippen LogP) is -0.0270. The number of hydrogen-bond acceptors (Lipinski definition) is 3. The maximum absolute atomic E-state index is 11.8. The highest BCUT2D eigenvalue weighted by molar-refractivity contribution is 5.92. The number of carbonyl (C=O) groups excluding carboxylic acids is 1. The lowest BCUT2D eigenvalue weighted by Gasteiger charge is -2.30. The molecule has 0 aromatic carbocycles. The Bertz CT molecular complexity index is 309. The van der Waals surface area contributed by atoms with Gasteiger partial charge in [-0.25, -0.2) is 0 Å². The number of carbonyl (C=O) groups is 1. The molecule has 1 unspecified atom stereocenters. The smallest absolute Gasteiger partial charge is 0.274 e. The van der Waals surface area contributed by atoms with Gasteiger partial charge >= 0.3 is 0 Å². The number of likely N-dealkylation sites (tertiary alicyclic amines) is 1. The van der Waals surface area contributed by atoms with Gasteiger partial charge in [-0.15, -0.1) is 0 Å². The highest BCUT2D eigenvalue weighted by Crippen LogP contribution is 2.10. The summed E-state index contributed by atoms with van der Waals surface area (Å²) >= 11 is 0. The quantitative estimate of drug-likeness (QED) is 0.659. The highest BCUT2D eigenvalue weighted by Gasteiger charge is 2.23. The van der Waals surface area contributed by atoms with Crippen molar-refractivity contribution in [3.63, 3.8) is 0 Å². The van der Waals surface area contributed by atoms with Crippen LogP contribution < -0.4 is 5.73 Å². The van der Waals surface area contributed by atoms with Gasteiger partial charge in [0, 0.05) is 25.3 Å². The number of aromatic amines is 1. The second-order valence-electron chi connectivity index (χ2n) is 3.61. The van der Waals surface area contributed by atoms with Gasteiger partial charge < -0.3 is 10.6 Å². The molecule has 0 saturated carbocycles. The first-order chi connectivity index (χ1) is 6.77. The fourth-order valence-corrected chi connectivity index (χ4v) is 1.74. The molecule has 0 spiro atoms. The van der Waals surface area contributed by atoms with Crippen molar-refractivity contribution in [2.75, 3.05) is 13.1 Å². The summed E-state index contributed by atoms with van der Waals surface area (Å²) in [6.45, 7) is 1.44. The van der Waals surface area contributed by atoms with Crippen molar-refractivity contribution in [1.29, 1.82) is 0 Å². The molecule has 0 bridgehead atoms. The normalized spacial score (nSPS) is 22.4. The molecular formula is C9H14N4O. The van der Waals surface area contributed by atoms with Crippen LogP contribution in [0.5, 0.6) is 0 Å². The summed E-state index contributed by atoms with van der Waals surface area (Å²) in [5.41, 5.74) is 6.27. The number of hydrogen-bond donors (Lipinski definition) is 2. The van der Waals surface area contributed by atoms with E-state index in [1.807, 2.05) is 0 Å². The molecule has 0 radical (unpaired) electrons. The fraction of sp³-hybridized carbons (Fsp3) is 0.556. The Morgan fingerprint density at radius 2 is 2.57 bits per heavy atom. The van der Waals surface area contributed by atoms with Crippen molar-refractivity contribution < 1.29 is 4.79 Å². The van der Waals surface area contributed by atoms with E-state index < -0.39 is 0 Å². The molecule has 1 atom stereocenters. The zero-order valence-corrected chi connectivity index (χ0v) is 7.94. The van der Waals surface area contributed by atoms with Crippen LogP contribution in [-0.2, 0) is 0 Å². The zero-order chi connectivity index (χ0) is 9.97. The van der Waals surface area contributed by atoms with Gasteiger partial charge in [-0.05, 0) is 18.9 Å². The molecule has 1 fully saturated rings. The molecule has 1 saturated heterocycles. The molecular weight excluding hydrogens is 180 g/mol. The number of piperidine rings is 1. The van der Waals surface area contributed by atoms with Crippen molar-refractivity contribution in [3.05, 3.63) is 18.0 Å². The molecule has 2 heterocycles. The second kappa shape index (κ2) is 3.79. The number of nitrogens with two attached hydrogens (primary N) is 1. The molecule has 2 rings (SSSR count). The van der Waals surface area contributed by atoms with E-state index in [0.717, 1.165) is 19.4 Å². The number of nitrogens with one attached hydrogen (secondary N) is 1. The molecule has 1 aliphatic heterocycles. The molecule has 14 heavy (non-hydrogen) atoms. The summed E-state index contributed by atoms with van der Waals surface area (Å²) in [7, 11) is 0. The average molecular weight is 194 g/mol. The molecule has 76 valence electrons. The minimum atomic E-state index is -0.0265. The largest absolute Gasteiger partial charge is 0.336 e. The zero-order valence-electron chi connectivity index (χ0n) is 7.94. The van der Waals surface area contributed by atoms with Crippen molar-refractivity contribution in [1.82, 2.24) is 15.1 Å². The Morgan fingerprint density at radius 3 is 3.21 bits per heavy atom. The van der Waals surface area contributed by atoms with Gasteiger partial charge in [0.05, 0.1) is 0 Å². The Hall–Kier alpha value is -1.36. The van der Waals surface area contributed by atoms with Crippen LogP contribution >= 0.6 is 0 Å².